The van der Waals surface area contributed by atoms with Crippen molar-refractivity contribution in [3.63, 3.8) is 0 Å². The van der Waals surface area contributed by atoms with Crippen LogP contribution in [-0.4, -0.2) is 17.7 Å². The third kappa shape index (κ3) is 5.82. The molecule has 0 aliphatic heterocycles. The molecule has 0 bridgehead atoms. The van der Waals surface area contributed by atoms with Crippen LogP contribution in [0.25, 0.3) is 0 Å². The van der Waals surface area contributed by atoms with Crippen molar-refractivity contribution < 1.29 is 13.2 Å². The van der Waals surface area contributed by atoms with Crippen molar-refractivity contribution in [2.45, 2.75) is 38.4 Å². The highest BCUT2D eigenvalue weighted by Gasteiger charge is 2.28. The highest BCUT2D eigenvalue weighted by Crippen LogP contribution is 2.28. The van der Waals surface area contributed by atoms with E-state index in [-0.39, 0.29) is 12.5 Å². The van der Waals surface area contributed by atoms with Gasteiger partial charge in [-0.3, -0.25) is 4.98 Å². The van der Waals surface area contributed by atoms with E-state index in [2.05, 4.69) is 26.2 Å². The molecule has 2 nitrogen and oxygen atoms in total. The Morgan fingerprint density at radius 2 is 2.11 bits per heavy atom. The van der Waals surface area contributed by atoms with Gasteiger partial charge >= 0.3 is 6.18 Å². The Labute approximate surface area is 113 Å². The van der Waals surface area contributed by atoms with Crippen LogP contribution in [0.3, 0.4) is 0 Å². The maximum atomic E-state index is 12.3. The first-order valence-corrected chi connectivity index (χ1v) is 6.62. The fourth-order valence-electron chi connectivity index (χ4n) is 1.63. The van der Waals surface area contributed by atoms with Crippen LogP contribution in [-0.2, 0) is 0 Å². The summed E-state index contributed by atoms with van der Waals surface area (Å²) in [6, 6.07) is 1.49. The zero-order valence-electron chi connectivity index (χ0n) is 10.1. The Bertz CT molecular complexity index is 369. The second kappa shape index (κ2) is 7.09. The molecule has 0 saturated carbocycles. The maximum absolute atomic E-state index is 12.3. The first kappa shape index (κ1) is 15.4. The van der Waals surface area contributed by atoms with Gasteiger partial charge in [0, 0.05) is 29.3 Å². The fraction of sp³-hybridized carbons (Fsp3) is 0.583. The Hall–Kier alpha value is -0.620. The van der Waals surface area contributed by atoms with E-state index in [0.29, 0.717) is 6.54 Å². The summed E-state index contributed by atoms with van der Waals surface area (Å²) < 4.78 is 37.6. The van der Waals surface area contributed by atoms with E-state index >= 15 is 0 Å². The molecule has 1 aromatic rings. The highest BCUT2D eigenvalue weighted by molar-refractivity contribution is 9.10. The lowest BCUT2D eigenvalue weighted by atomic mass is 10.0. The normalized spacial score (nSPS) is 13.6. The SMILES string of the molecule is CCCNC(CCC(F)(F)F)c1cncc(Br)c1. The quantitative estimate of drug-likeness (QED) is 0.847. The van der Waals surface area contributed by atoms with Crippen LogP contribution in [0.1, 0.15) is 37.8 Å². The molecule has 1 heterocycles. The van der Waals surface area contributed by atoms with Crippen molar-refractivity contribution in [1.82, 2.24) is 10.3 Å². The Kier molecular flexibility index (Phi) is 6.08. The standard InChI is InChI=1S/C12H16BrF3N2/c1-2-5-18-11(3-4-12(14,15)16)9-6-10(13)8-17-7-9/h6-8,11,18H,2-5H2,1H3. The van der Waals surface area contributed by atoms with E-state index in [9.17, 15) is 13.2 Å². The lowest BCUT2D eigenvalue weighted by Crippen LogP contribution is -2.24. The van der Waals surface area contributed by atoms with Crippen molar-refractivity contribution >= 4 is 15.9 Å². The number of pyridine rings is 1. The Morgan fingerprint density at radius 1 is 1.39 bits per heavy atom. The van der Waals surface area contributed by atoms with Gasteiger partial charge in [-0.2, -0.15) is 13.2 Å². The van der Waals surface area contributed by atoms with Gasteiger partial charge in [0.25, 0.3) is 0 Å². The number of nitrogens with zero attached hydrogens (tertiary/aromatic N) is 1. The predicted molar refractivity (Wildman–Crippen MR) is 68.3 cm³/mol. The second-order valence-electron chi connectivity index (χ2n) is 4.10. The highest BCUT2D eigenvalue weighted by atomic mass is 79.9. The van der Waals surface area contributed by atoms with Gasteiger partial charge in [0.15, 0.2) is 0 Å². The lowest BCUT2D eigenvalue weighted by Gasteiger charge is -2.19. The summed E-state index contributed by atoms with van der Waals surface area (Å²) in [6.07, 6.45) is -0.781. The van der Waals surface area contributed by atoms with Gasteiger partial charge < -0.3 is 5.32 Å². The van der Waals surface area contributed by atoms with E-state index in [1.54, 1.807) is 18.5 Å². The van der Waals surface area contributed by atoms with Gasteiger partial charge in [0.05, 0.1) is 0 Å². The molecule has 1 N–H and O–H groups in total. The van der Waals surface area contributed by atoms with Crippen LogP contribution < -0.4 is 5.32 Å². The number of halogens is 4. The molecule has 0 aliphatic carbocycles. The summed E-state index contributed by atoms with van der Waals surface area (Å²) in [4.78, 5) is 3.99. The summed E-state index contributed by atoms with van der Waals surface area (Å²) in [5.74, 6) is 0. The van der Waals surface area contributed by atoms with Crippen LogP contribution in [0.5, 0.6) is 0 Å². The lowest BCUT2D eigenvalue weighted by molar-refractivity contribution is -0.136. The van der Waals surface area contributed by atoms with Crippen LogP contribution in [0.4, 0.5) is 13.2 Å². The van der Waals surface area contributed by atoms with E-state index in [0.717, 1.165) is 16.5 Å². The van der Waals surface area contributed by atoms with Crippen LogP contribution in [0.15, 0.2) is 22.9 Å². The van der Waals surface area contributed by atoms with Gasteiger partial charge in [0.1, 0.15) is 0 Å². The molecule has 6 heteroatoms. The van der Waals surface area contributed by atoms with Gasteiger partial charge in [-0.15, -0.1) is 0 Å². The summed E-state index contributed by atoms with van der Waals surface area (Å²) in [6.45, 7) is 2.67. The molecule has 1 atom stereocenters. The van der Waals surface area contributed by atoms with E-state index < -0.39 is 12.6 Å². The summed E-state index contributed by atoms with van der Waals surface area (Å²) >= 11 is 3.28. The van der Waals surface area contributed by atoms with Crippen molar-refractivity contribution in [3.05, 3.63) is 28.5 Å². The molecule has 1 aromatic heterocycles. The van der Waals surface area contributed by atoms with Crippen LogP contribution in [0.2, 0.25) is 0 Å². The van der Waals surface area contributed by atoms with E-state index in [1.807, 2.05) is 6.92 Å². The average molecular weight is 325 g/mol. The molecule has 0 radical (unpaired) electrons. The molecular weight excluding hydrogens is 309 g/mol. The van der Waals surface area contributed by atoms with Crippen molar-refractivity contribution in [2.24, 2.45) is 0 Å². The fourth-order valence-corrected chi connectivity index (χ4v) is 2.01. The first-order valence-electron chi connectivity index (χ1n) is 5.83. The molecule has 0 fully saturated rings. The van der Waals surface area contributed by atoms with Crippen molar-refractivity contribution in [3.8, 4) is 0 Å². The number of rotatable bonds is 6. The molecule has 0 saturated heterocycles. The summed E-state index contributed by atoms with van der Waals surface area (Å²) in [5.41, 5.74) is 0.780. The van der Waals surface area contributed by atoms with Crippen molar-refractivity contribution in [1.29, 1.82) is 0 Å². The molecule has 18 heavy (non-hydrogen) atoms. The van der Waals surface area contributed by atoms with Gasteiger partial charge in [-0.05, 0) is 46.9 Å². The number of alkyl halides is 3. The molecular formula is C12H16BrF3N2. The molecule has 1 unspecified atom stereocenters. The molecule has 0 aliphatic rings. The van der Waals surface area contributed by atoms with Gasteiger partial charge in [-0.25, -0.2) is 0 Å². The zero-order valence-corrected chi connectivity index (χ0v) is 11.7. The zero-order chi connectivity index (χ0) is 13.6. The minimum atomic E-state index is -4.12. The first-order chi connectivity index (χ1) is 8.42. The van der Waals surface area contributed by atoms with Crippen molar-refractivity contribution in [2.75, 3.05) is 6.54 Å². The summed E-state index contributed by atoms with van der Waals surface area (Å²) in [5, 5.41) is 3.12. The number of aromatic nitrogens is 1. The monoisotopic (exact) mass is 324 g/mol. The largest absolute Gasteiger partial charge is 0.389 e. The molecule has 0 spiro atoms. The van der Waals surface area contributed by atoms with Crippen LogP contribution >= 0.6 is 15.9 Å². The topological polar surface area (TPSA) is 24.9 Å². The van der Waals surface area contributed by atoms with Gasteiger partial charge in [-0.1, -0.05) is 6.92 Å². The Balaban J connectivity index is 2.71. The molecule has 0 amide bonds. The third-order valence-electron chi connectivity index (χ3n) is 2.49. The van der Waals surface area contributed by atoms with Gasteiger partial charge in [0.2, 0.25) is 0 Å². The summed E-state index contributed by atoms with van der Waals surface area (Å²) in [7, 11) is 0. The number of hydrogen-bond donors (Lipinski definition) is 1. The number of hydrogen-bond acceptors (Lipinski definition) is 2. The predicted octanol–water partition coefficient (Wildman–Crippen LogP) is 4.23. The average Bonchev–Trinajstić information content (AvgIpc) is 2.28. The van der Waals surface area contributed by atoms with Crippen LogP contribution in [0, 0.1) is 0 Å². The second-order valence-corrected chi connectivity index (χ2v) is 5.01. The third-order valence-corrected chi connectivity index (χ3v) is 2.92. The smallest absolute Gasteiger partial charge is 0.310 e. The minimum absolute atomic E-state index is 0.0294. The Morgan fingerprint density at radius 3 is 2.67 bits per heavy atom. The molecule has 102 valence electrons. The van der Waals surface area contributed by atoms with E-state index in [1.165, 1.54) is 0 Å². The number of nitrogens with one attached hydrogen (secondary N) is 1. The molecule has 0 aromatic carbocycles. The minimum Gasteiger partial charge on any atom is -0.310 e. The maximum Gasteiger partial charge on any atom is 0.389 e. The molecule has 1 rings (SSSR count). The van der Waals surface area contributed by atoms with E-state index in [4.69, 9.17) is 0 Å².